The molecule has 144 valence electrons. The number of rotatable bonds is 6. The van der Waals surface area contributed by atoms with Gasteiger partial charge in [-0.2, -0.15) is 5.10 Å². The quantitative estimate of drug-likeness (QED) is 0.257. The number of amides is 1. The van der Waals surface area contributed by atoms with Crippen LogP contribution in [-0.2, 0) is 11.2 Å². The molecule has 2 N–H and O–H groups in total. The summed E-state index contributed by atoms with van der Waals surface area (Å²) >= 11 is 5.56. The summed E-state index contributed by atoms with van der Waals surface area (Å²) < 4.78 is 7.06. The van der Waals surface area contributed by atoms with Gasteiger partial charge in [-0.1, -0.05) is 46.3 Å². The van der Waals surface area contributed by atoms with E-state index in [0.717, 1.165) is 26.4 Å². The molecule has 0 heterocycles. The minimum atomic E-state index is -0.206. The molecule has 3 aromatic rings. The third kappa shape index (κ3) is 4.82. The molecule has 7 heteroatoms. The number of benzene rings is 3. The summed E-state index contributed by atoms with van der Waals surface area (Å²) in [6.45, 7) is 2.29. The third-order valence-corrected chi connectivity index (χ3v) is 5.58. The number of hydrogen-bond acceptors (Lipinski definition) is 4. The normalized spacial score (nSPS) is 11.1. The molecule has 0 unspecified atom stereocenters. The number of phenolic OH excluding ortho intramolecular Hbond substituents is 1. The number of aromatic hydroxyl groups is 1. The lowest BCUT2D eigenvalue weighted by molar-refractivity contribution is -0.120. The maximum atomic E-state index is 12.3. The lowest BCUT2D eigenvalue weighted by Gasteiger charge is -2.09. The van der Waals surface area contributed by atoms with E-state index in [1.165, 1.54) is 6.21 Å². The van der Waals surface area contributed by atoms with Crippen LogP contribution in [0.15, 0.2) is 58.1 Å². The first-order valence-corrected chi connectivity index (χ1v) is 10.5. The van der Waals surface area contributed by atoms with Gasteiger partial charge in [0, 0.05) is 4.47 Å². The number of hydrogen-bond donors (Lipinski definition) is 2. The zero-order valence-electron chi connectivity index (χ0n) is 15.1. The average molecular weight is 553 g/mol. The number of phenols is 1. The van der Waals surface area contributed by atoms with Gasteiger partial charge < -0.3 is 9.84 Å². The second-order valence-corrected chi connectivity index (χ2v) is 8.02. The van der Waals surface area contributed by atoms with Crippen molar-refractivity contribution in [2.75, 3.05) is 6.61 Å². The molecule has 0 aliphatic rings. The second kappa shape index (κ2) is 9.38. The molecule has 0 saturated carbocycles. The number of carbonyl (C=O) groups is 1. The molecule has 28 heavy (non-hydrogen) atoms. The zero-order valence-corrected chi connectivity index (χ0v) is 18.8. The molecule has 3 rings (SSSR count). The monoisotopic (exact) mass is 552 g/mol. The standard InChI is InChI=1S/C21H18BrIN2O3/c1-2-28-19-10-13(9-18(23)21(19)27)12-24-25-20(26)11-14-7-8-17(22)16-6-4-3-5-15(14)16/h3-10,12,27H,2,11H2,1H3,(H,25,26). The molecule has 0 aromatic heterocycles. The Morgan fingerprint density at radius 1 is 1.25 bits per heavy atom. The summed E-state index contributed by atoms with van der Waals surface area (Å²) in [7, 11) is 0. The fourth-order valence-electron chi connectivity index (χ4n) is 2.80. The van der Waals surface area contributed by atoms with Gasteiger partial charge in [-0.3, -0.25) is 4.79 Å². The fraction of sp³-hybridized carbons (Fsp3) is 0.143. The average Bonchev–Trinajstić information content (AvgIpc) is 2.68. The molecule has 0 aliphatic carbocycles. The Kier molecular flexibility index (Phi) is 6.90. The Labute approximate surface area is 185 Å². The van der Waals surface area contributed by atoms with Crippen LogP contribution in [0.25, 0.3) is 10.8 Å². The molecule has 0 spiro atoms. The van der Waals surface area contributed by atoms with Crippen molar-refractivity contribution in [1.82, 2.24) is 5.43 Å². The van der Waals surface area contributed by atoms with E-state index in [2.05, 4.69) is 26.5 Å². The van der Waals surface area contributed by atoms with Crippen LogP contribution in [0.5, 0.6) is 11.5 Å². The van der Waals surface area contributed by atoms with E-state index < -0.39 is 0 Å². The summed E-state index contributed by atoms with van der Waals surface area (Å²) in [5.74, 6) is 0.288. The van der Waals surface area contributed by atoms with E-state index in [4.69, 9.17) is 4.74 Å². The first-order valence-electron chi connectivity index (χ1n) is 8.63. The smallest absolute Gasteiger partial charge is 0.244 e. The molecular formula is C21H18BrIN2O3. The third-order valence-electron chi connectivity index (χ3n) is 4.07. The molecule has 3 aromatic carbocycles. The highest BCUT2D eigenvalue weighted by molar-refractivity contribution is 14.1. The zero-order chi connectivity index (χ0) is 20.1. The predicted molar refractivity (Wildman–Crippen MR) is 123 cm³/mol. The van der Waals surface area contributed by atoms with Crippen molar-refractivity contribution >= 4 is 61.4 Å². The van der Waals surface area contributed by atoms with Gasteiger partial charge in [0.15, 0.2) is 11.5 Å². The minimum absolute atomic E-state index is 0.103. The first-order chi connectivity index (χ1) is 13.5. The topological polar surface area (TPSA) is 70.9 Å². The highest BCUT2D eigenvalue weighted by Crippen LogP contribution is 2.32. The summed E-state index contributed by atoms with van der Waals surface area (Å²) in [4.78, 5) is 12.3. The Morgan fingerprint density at radius 2 is 2.00 bits per heavy atom. The Morgan fingerprint density at radius 3 is 2.75 bits per heavy atom. The predicted octanol–water partition coefficient (Wildman–Crippen LogP) is 5.00. The van der Waals surface area contributed by atoms with Gasteiger partial charge in [-0.05, 0) is 69.6 Å². The van der Waals surface area contributed by atoms with Crippen LogP contribution in [-0.4, -0.2) is 23.8 Å². The van der Waals surface area contributed by atoms with E-state index in [0.29, 0.717) is 15.9 Å². The van der Waals surface area contributed by atoms with Gasteiger partial charge in [0.1, 0.15) is 0 Å². The van der Waals surface area contributed by atoms with E-state index in [-0.39, 0.29) is 18.1 Å². The van der Waals surface area contributed by atoms with Crippen molar-refractivity contribution < 1.29 is 14.6 Å². The number of nitrogens with zero attached hydrogens (tertiary/aromatic N) is 1. The van der Waals surface area contributed by atoms with Crippen LogP contribution < -0.4 is 10.2 Å². The summed E-state index contributed by atoms with van der Waals surface area (Å²) in [5.41, 5.74) is 4.21. The van der Waals surface area contributed by atoms with Crippen LogP contribution in [0.3, 0.4) is 0 Å². The highest BCUT2D eigenvalue weighted by Gasteiger charge is 2.10. The van der Waals surface area contributed by atoms with Crippen LogP contribution in [0.2, 0.25) is 0 Å². The van der Waals surface area contributed by atoms with Gasteiger partial charge in [0.05, 0.1) is 22.8 Å². The summed E-state index contributed by atoms with van der Waals surface area (Å²) in [5, 5.41) is 16.1. The van der Waals surface area contributed by atoms with E-state index in [9.17, 15) is 9.90 Å². The van der Waals surface area contributed by atoms with Gasteiger partial charge >= 0.3 is 0 Å². The molecule has 1 amide bonds. The van der Waals surface area contributed by atoms with Crippen LogP contribution in [0.1, 0.15) is 18.1 Å². The molecular weight excluding hydrogens is 535 g/mol. The van der Waals surface area contributed by atoms with Crippen LogP contribution in [0.4, 0.5) is 0 Å². The van der Waals surface area contributed by atoms with Crippen LogP contribution in [0, 0.1) is 3.57 Å². The molecule has 0 saturated heterocycles. The van der Waals surface area contributed by atoms with Gasteiger partial charge in [0.25, 0.3) is 0 Å². The SMILES string of the molecule is CCOc1cc(C=NNC(=O)Cc2ccc(Br)c3ccccc23)cc(I)c1O. The summed E-state index contributed by atoms with van der Waals surface area (Å²) in [6.07, 6.45) is 1.75. The lowest BCUT2D eigenvalue weighted by atomic mass is 10.0. The van der Waals surface area contributed by atoms with Crippen molar-refractivity contribution in [1.29, 1.82) is 0 Å². The Hall–Kier alpha value is -2.13. The van der Waals surface area contributed by atoms with Gasteiger partial charge in [0.2, 0.25) is 5.91 Å². The minimum Gasteiger partial charge on any atom is -0.504 e. The molecule has 0 bridgehead atoms. The van der Waals surface area contributed by atoms with Crippen molar-refractivity contribution in [3.8, 4) is 11.5 Å². The highest BCUT2D eigenvalue weighted by atomic mass is 127. The molecule has 0 aliphatic heterocycles. The Balaban J connectivity index is 1.71. The fourth-order valence-corrected chi connectivity index (χ4v) is 3.91. The number of hydrazone groups is 1. The molecule has 5 nitrogen and oxygen atoms in total. The largest absolute Gasteiger partial charge is 0.504 e. The molecule has 0 atom stereocenters. The van der Waals surface area contributed by atoms with Gasteiger partial charge in [-0.25, -0.2) is 5.43 Å². The van der Waals surface area contributed by atoms with E-state index in [1.807, 2.05) is 65.9 Å². The van der Waals surface area contributed by atoms with Crippen molar-refractivity contribution in [2.45, 2.75) is 13.3 Å². The second-order valence-electron chi connectivity index (χ2n) is 6.00. The lowest BCUT2D eigenvalue weighted by Crippen LogP contribution is -2.20. The molecule has 0 fully saturated rings. The Bertz CT molecular complexity index is 1050. The number of nitrogens with one attached hydrogen (secondary N) is 1. The number of ether oxygens (including phenoxy) is 1. The maximum absolute atomic E-state index is 12.3. The van der Waals surface area contributed by atoms with Crippen molar-refractivity contribution in [2.24, 2.45) is 5.10 Å². The number of carbonyl (C=O) groups excluding carboxylic acids is 1. The van der Waals surface area contributed by atoms with E-state index >= 15 is 0 Å². The summed E-state index contributed by atoms with van der Waals surface area (Å²) in [6, 6.07) is 15.3. The molecule has 0 radical (unpaired) electrons. The first kappa shape index (κ1) is 20.6. The maximum Gasteiger partial charge on any atom is 0.244 e. The van der Waals surface area contributed by atoms with Crippen molar-refractivity contribution in [3.63, 3.8) is 0 Å². The number of fused-ring (bicyclic) bond motifs is 1. The number of halogens is 2. The van der Waals surface area contributed by atoms with Crippen LogP contribution >= 0.6 is 38.5 Å². The van der Waals surface area contributed by atoms with E-state index in [1.54, 1.807) is 12.1 Å². The van der Waals surface area contributed by atoms with Gasteiger partial charge in [-0.15, -0.1) is 0 Å². The van der Waals surface area contributed by atoms with Crippen molar-refractivity contribution in [3.05, 3.63) is 67.7 Å².